The van der Waals surface area contributed by atoms with Crippen LogP contribution < -0.4 is 15.4 Å². The van der Waals surface area contributed by atoms with Crippen LogP contribution in [0.4, 0.5) is 5.69 Å². The van der Waals surface area contributed by atoms with Crippen LogP contribution in [-0.2, 0) is 4.74 Å². The van der Waals surface area contributed by atoms with Gasteiger partial charge in [0.2, 0.25) is 0 Å². The van der Waals surface area contributed by atoms with Crippen molar-refractivity contribution in [3.8, 4) is 5.75 Å². The Kier molecular flexibility index (Phi) is 5.86. The molecule has 0 saturated carbocycles. The molecule has 124 valence electrons. The third kappa shape index (κ3) is 4.30. The Morgan fingerprint density at radius 3 is 2.42 bits per heavy atom. The molecule has 0 aliphatic carbocycles. The smallest absolute Gasteiger partial charge is 0.337 e. The summed E-state index contributed by atoms with van der Waals surface area (Å²) in [7, 11) is 2.82. The normalized spacial score (nSPS) is 9.75. The first-order valence-corrected chi connectivity index (χ1v) is 7.39. The van der Waals surface area contributed by atoms with Crippen LogP contribution in [0.5, 0.6) is 5.75 Å². The van der Waals surface area contributed by atoms with Crippen LogP contribution in [0.3, 0.4) is 0 Å². The van der Waals surface area contributed by atoms with E-state index in [1.807, 2.05) is 12.1 Å². The summed E-state index contributed by atoms with van der Waals surface area (Å²) in [6, 6.07) is 13.4. The number of carbonyl (C=O) groups is 2. The lowest BCUT2D eigenvalue weighted by Crippen LogP contribution is -2.34. The number of esters is 1. The van der Waals surface area contributed by atoms with Crippen molar-refractivity contribution in [1.82, 2.24) is 5.32 Å². The summed E-state index contributed by atoms with van der Waals surface area (Å²) in [6.07, 6.45) is 0. The average molecular weight is 344 g/mol. The molecule has 0 saturated heterocycles. The van der Waals surface area contributed by atoms with Crippen molar-refractivity contribution in [2.45, 2.75) is 0 Å². The minimum atomic E-state index is -0.514. The minimum Gasteiger partial charge on any atom is -0.495 e. The number of anilines is 1. The van der Waals surface area contributed by atoms with Crippen LogP contribution in [0.1, 0.15) is 20.7 Å². The molecule has 0 aliphatic rings. The highest BCUT2D eigenvalue weighted by Gasteiger charge is 2.12. The van der Waals surface area contributed by atoms with Crippen molar-refractivity contribution in [3.05, 3.63) is 59.7 Å². The Labute approximate surface area is 144 Å². The van der Waals surface area contributed by atoms with Crippen LogP contribution in [0.25, 0.3) is 0 Å². The lowest BCUT2D eigenvalue weighted by Gasteiger charge is -2.12. The molecule has 24 heavy (non-hydrogen) atoms. The molecule has 0 radical (unpaired) electrons. The lowest BCUT2D eigenvalue weighted by atomic mass is 10.1. The average Bonchev–Trinajstić information content (AvgIpc) is 2.61. The van der Waals surface area contributed by atoms with Gasteiger partial charge in [0, 0.05) is 5.56 Å². The first-order valence-electron chi connectivity index (χ1n) is 6.99. The summed E-state index contributed by atoms with van der Waals surface area (Å²) in [6.45, 7) is 0. The fourth-order valence-electron chi connectivity index (χ4n) is 1.98. The molecule has 0 spiro atoms. The second-order valence-electron chi connectivity index (χ2n) is 4.68. The molecule has 2 aromatic carbocycles. The first kappa shape index (κ1) is 17.4. The highest BCUT2D eigenvalue weighted by molar-refractivity contribution is 7.80. The van der Waals surface area contributed by atoms with Crippen LogP contribution >= 0.6 is 12.2 Å². The molecular formula is C17H16N2O4S. The predicted molar refractivity (Wildman–Crippen MR) is 94.5 cm³/mol. The quantitative estimate of drug-likeness (QED) is 0.656. The van der Waals surface area contributed by atoms with Crippen molar-refractivity contribution in [2.24, 2.45) is 0 Å². The Morgan fingerprint density at radius 2 is 1.71 bits per heavy atom. The van der Waals surface area contributed by atoms with Crippen molar-refractivity contribution >= 4 is 34.9 Å². The fraction of sp³-hybridized carbons (Fsp3) is 0.118. The molecule has 6 nitrogen and oxygen atoms in total. The summed E-state index contributed by atoms with van der Waals surface area (Å²) in [5.74, 6) is -0.352. The van der Waals surface area contributed by atoms with Crippen molar-refractivity contribution in [1.29, 1.82) is 0 Å². The Morgan fingerprint density at radius 1 is 1.00 bits per heavy atom. The molecule has 2 rings (SSSR count). The van der Waals surface area contributed by atoms with E-state index in [2.05, 4.69) is 15.4 Å². The van der Waals surface area contributed by atoms with Gasteiger partial charge < -0.3 is 14.8 Å². The molecule has 0 bridgehead atoms. The molecule has 0 heterocycles. The summed E-state index contributed by atoms with van der Waals surface area (Å²) >= 11 is 5.14. The monoisotopic (exact) mass is 344 g/mol. The Bertz CT molecular complexity index is 777. The second-order valence-corrected chi connectivity index (χ2v) is 5.09. The zero-order valence-corrected chi connectivity index (χ0v) is 14.0. The van der Waals surface area contributed by atoms with Crippen molar-refractivity contribution in [2.75, 3.05) is 19.5 Å². The van der Waals surface area contributed by atoms with E-state index in [0.717, 1.165) is 0 Å². The minimum absolute atomic E-state index is 0.118. The standard InChI is InChI=1S/C17H16N2O4S/c1-22-14-9-4-3-8-13(14)18-17(24)19-15(20)11-6-5-7-12(10-11)16(21)23-2/h3-10H,1-2H3,(H2,18,19,20,24). The maximum Gasteiger partial charge on any atom is 0.337 e. The number of para-hydroxylation sites is 2. The topological polar surface area (TPSA) is 76.7 Å². The number of rotatable bonds is 4. The Hall–Kier alpha value is -2.93. The van der Waals surface area contributed by atoms with Crippen LogP contribution in [0, 0.1) is 0 Å². The van der Waals surface area contributed by atoms with Crippen molar-refractivity contribution in [3.63, 3.8) is 0 Å². The largest absolute Gasteiger partial charge is 0.495 e. The first-order chi connectivity index (χ1) is 11.5. The van der Waals surface area contributed by atoms with Gasteiger partial charge in [-0.15, -0.1) is 0 Å². The maximum atomic E-state index is 12.2. The van der Waals surface area contributed by atoms with Crippen molar-refractivity contribution < 1.29 is 19.1 Å². The third-order valence-electron chi connectivity index (χ3n) is 3.13. The van der Waals surface area contributed by atoms with Gasteiger partial charge in [0.25, 0.3) is 5.91 Å². The van der Waals surface area contributed by atoms with E-state index in [-0.39, 0.29) is 10.7 Å². The molecular weight excluding hydrogens is 328 g/mol. The highest BCUT2D eigenvalue weighted by atomic mass is 32.1. The molecule has 2 aromatic rings. The van der Waals surface area contributed by atoms with Gasteiger partial charge in [-0.2, -0.15) is 0 Å². The number of methoxy groups -OCH3 is 2. The summed E-state index contributed by atoms with van der Waals surface area (Å²) in [5, 5.41) is 5.57. The maximum absolute atomic E-state index is 12.2. The molecule has 0 atom stereocenters. The van der Waals surface area contributed by atoms with Gasteiger partial charge in [-0.25, -0.2) is 4.79 Å². The van der Waals surface area contributed by atoms with Gasteiger partial charge in [-0.3, -0.25) is 10.1 Å². The van der Waals surface area contributed by atoms with Gasteiger partial charge in [-0.05, 0) is 42.5 Å². The third-order valence-corrected chi connectivity index (χ3v) is 3.33. The SMILES string of the molecule is COC(=O)c1cccc(C(=O)NC(=S)Nc2ccccc2OC)c1. The molecule has 0 aliphatic heterocycles. The van der Waals surface area contributed by atoms with E-state index in [9.17, 15) is 9.59 Å². The van der Waals surface area contributed by atoms with Gasteiger partial charge in [0.05, 0.1) is 25.5 Å². The number of carbonyl (C=O) groups excluding carboxylic acids is 2. The van der Waals surface area contributed by atoms with E-state index in [1.165, 1.54) is 13.2 Å². The molecule has 7 heteroatoms. The number of ether oxygens (including phenoxy) is 2. The molecule has 1 amide bonds. The predicted octanol–water partition coefficient (Wildman–Crippen LogP) is 2.61. The van der Waals surface area contributed by atoms with Crippen LogP contribution in [0.15, 0.2) is 48.5 Å². The van der Waals surface area contributed by atoms with Crippen LogP contribution in [0.2, 0.25) is 0 Å². The van der Waals surface area contributed by atoms with E-state index in [4.69, 9.17) is 17.0 Å². The summed E-state index contributed by atoms with van der Waals surface area (Å²) < 4.78 is 9.84. The van der Waals surface area contributed by atoms with Gasteiger partial charge in [0.1, 0.15) is 5.75 Å². The summed E-state index contributed by atoms with van der Waals surface area (Å²) in [4.78, 5) is 23.8. The number of thiocarbonyl (C=S) groups is 1. The zero-order valence-electron chi connectivity index (χ0n) is 13.2. The molecule has 0 unspecified atom stereocenters. The van der Waals surface area contributed by atoms with Gasteiger partial charge in [0.15, 0.2) is 5.11 Å². The number of hydrogen-bond donors (Lipinski definition) is 2. The van der Waals surface area contributed by atoms with Gasteiger partial charge >= 0.3 is 5.97 Å². The molecule has 2 N–H and O–H groups in total. The van der Waals surface area contributed by atoms with E-state index >= 15 is 0 Å². The number of nitrogens with one attached hydrogen (secondary N) is 2. The van der Waals surface area contributed by atoms with E-state index in [1.54, 1.807) is 37.4 Å². The van der Waals surface area contributed by atoms with Crippen LogP contribution in [-0.4, -0.2) is 31.2 Å². The Balaban J connectivity index is 2.06. The number of hydrogen-bond acceptors (Lipinski definition) is 5. The fourth-order valence-corrected chi connectivity index (χ4v) is 2.18. The van der Waals surface area contributed by atoms with Gasteiger partial charge in [-0.1, -0.05) is 18.2 Å². The number of benzene rings is 2. The highest BCUT2D eigenvalue weighted by Crippen LogP contribution is 2.22. The second kappa shape index (κ2) is 8.07. The van der Waals surface area contributed by atoms with E-state index < -0.39 is 11.9 Å². The molecule has 0 aromatic heterocycles. The van der Waals surface area contributed by atoms with E-state index in [0.29, 0.717) is 17.0 Å². The zero-order chi connectivity index (χ0) is 17.5. The lowest BCUT2D eigenvalue weighted by molar-refractivity contribution is 0.0600. The molecule has 0 fully saturated rings. The summed E-state index contributed by atoms with van der Waals surface area (Å²) in [5.41, 5.74) is 1.21. The number of amides is 1.